The standard InChI is InChI=1S/C17H15NO2/c1-12(19)20-17-14(11-13-5-3-2-4-6-13)7-8-16-15(17)9-10-18-16/h2-10,18H,11H2,1H3. The average Bonchev–Trinajstić information content (AvgIpc) is 2.91. The van der Waals surface area contributed by atoms with E-state index in [9.17, 15) is 4.79 Å². The minimum Gasteiger partial charge on any atom is -0.426 e. The van der Waals surface area contributed by atoms with Crippen LogP contribution in [0.4, 0.5) is 0 Å². The summed E-state index contributed by atoms with van der Waals surface area (Å²) < 4.78 is 5.43. The van der Waals surface area contributed by atoms with Gasteiger partial charge in [-0.05, 0) is 17.7 Å². The van der Waals surface area contributed by atoms with E-state index in [1.807, 2.05) is 42.6 Å². The second-order valence-electron chi connectivity index (χ2n) is 4.75. The van der Waals surface area contributed by atoms with Crippen molar-refractivity contribution in [1.82, 2.24) is 4.98 Å². The lowest BCUT2D eigenvalue weighted by atomic mass is 10.0. The molecule has 0 fully saturated rings. The highest BCUT2D eigenvalue weighted by Gasteiger charge is 2.12. The molecule has 1 N–H and O–H groups in total. The zero-order valence-corrected chi connectivity index (χ0v) is 11.2. The van der Waals surface area contributed by atoms with Crippen molar-refractivity contribution in [3.8, 4) is 5.75 Å². The van der Waals surface area contributed by atoms with Crippen LogP contribution in [0.1, 0.15) is 18.1 Å². The third-order valence-corrected chi connectivity index (χ3v) is 3.25. The van der Waals surface area contributed by atoms with Crippen molar-refractivity contribution in [2.75, 3.05) is 0 Å². The van der Waals surface area contributed by atoms with Gasteiger partial charge in [0.1, 0.15) is 5.75 Å². The van der Waals surface area contributed by atoms with E-state index in [1.54, 1.807) is 0 Å². The largest absolute Gasteiger partial charge is 0.426 e. The lowest BCUT2D eigenvalue weighted by molar-refractivity contribution is -0.131. The van der Waals surface area contributed by atoms with Crippen molar-refractivity contribution < 1.29 is 9.53 Å². The van der Waals surface area contributed by atoms with E-state index in [-0.39, 0.29) is 5.97 Å². The van der Waals surface area contributed by atoms with Crippen LogP contribution in [0.2, 0.25) is 0 Å². The molecule has 3 nitrogen and oxygen atoms in total. The highest BCUT2D eigenvalue weighted by Crippen LogP contribution is 2.31. The number of hydrogen-bond donors (Lipinski definition) is 1. The smallest absolute Gasteiger partial charge is 0.308 e. The van der Waals surface area contributed by atoms with E-state index >= 15 is 0 Å². The minimum absolute atomic E-state index is 0.298. The molecule has 1 heterocycles. The summed E-state index contributed by atoms with van der Waals surface area (Å²) >= 11 is 0. The number of H-pyrrole nitrogens is 1. The van der Waals surface area contributed by atoms with Gasteiger partial charge in [-0.1, -0.05) is 36.4 Å². The Morgan fingerprint density at radius 3 is 2.65 bits per heavy atom. The van der Waals surface area contributed by atoms with Crippen LogP contribution in [0.15, 0.2) is 54.7 Å². The Morgan fingerprint density at radius 1 is 1.10 bits per heavy atom. The van der Waals surface area contributed by atoms with Gasteiger partial charge in [-0.25, -0.2) is 0 Å². The first-order valence-electron chi connectivity index (χ1n) is 6.55. The van der Waals surface area contributed by atoms with Crippen molar-refractivity contribution in [2.45, 2.75) is 13.3 Å². The van der Waals surface area contributed by atoms with E-state index in [2.05, 4.69) is 17.1 Å². The fourth-order valence-corrected chi connectivity index (χ4v) is 2.37. The van der Waals surface area contributed by atoms with Crippen molar-refractivity contribution in [3.05, 3.63) is 65.9 Å². The van der Waals surface area contributed by atoms with Crippen LogP contribution in [-0.2, 0) is 11.2 Å². The molecule has 2 aromatic carbocycles. The Balaban J connectivity index is 2.07. The maximum Gasteiger partial charge on any atom is 0.308 e. The summed E-state index contributed by atoms with van der Waals surface area (Å²) in [6.07, 6.45) is 2.59. The van der Waals surface area contributed by atoms with Crippen molar-refractivity contribution in [2.24, 2.45) is 0 Å². The quantitative estimate of drug-likeness (QED) is 0.579. The van der Waals surface area contributed by atoms with Gasteiger partial charge in [0, 0.05) is 36.0 Å². The normalized spacial score (nSPS) is 10.7. The Hall–Kier alpha value is -2.55. The van der Waals surface area contributed by atoms with Gasteiger partial charge in [-0.2, -0.15) is 0 Å². The number of aromatic nitrogens is 1. The predicted octanol–water partition coefficient (Wildman–Crippen LogP) is 3.68. The number of fused-ring (bicyclic) bond motifs is 1. The third-order valence-electron chi connectivity index (χ3n) is 3.25. The number of rotatable bonds is 3. The molecule has 0 atom stereocenters. The summed E-state index contributed by atoms with van der Waals surface area (Å²) in [5.41, 5.74) is 3.17. The molecule has 3 heteroatoms. The Bertz CT molecular complexity index is 744. The van der Waals surface area contributed by atoms with Gasteiger partial charge < -0.3 is 9.72 Å². The summed E-state index contributed by atoms with van der Waals surface area (Å²) in [5.74, 6) is 0.355. The first-order chi connectivity index (χ1) is 9.74. The third kappa shape index (κ3) is 2.43. The number of carbonyl (C=O) groups is 1. The first kappa shape index (κ1) is 12.5. The number of aromatic amines is 1. The van der Waals surface area contributed by atoms with Gasteiger partial charge in [0.05, 0.1) is 0 Å². The van der Waals surface area contributed by atoms with Crippen molar-refractivity contribution in [1.29, 1.82) is 0 Å². The number of ether oxygens (including phenoxy) is 1. The fourth-order valence-electron chi connectivity index (χ4n) is 2.37. The zero-order chi connectivity index (χ0) is 13.9. The molecule has 0 amide bonds. The SMILES string of the molecule is CC(=O)Oc1c(Cc2ccccc2)ccc2[nH]ccc12. The van der Waals surface area contributed by atoms with Gasteiger partial charge >= 0.3 is 5.97 Å². The molecule has 20 heavy (non-hydrogen) atoms. The first-order valence-corrected chi connectivity index (χ1v) is 6.55. The molecule has 0 aliphatic heterocycles. The van der Waals surface area contributed by atoms with Crippen LogP contribution in [0, 0.1) is 0 Å². The van der Waals surface area contributed by atoms with Crippen LogP contribution < -0.4 is 4.74 Å². The van der Waals surface area contributed by atoms with Crippen LogP contribution >= 0.6 is 0 Å². The van der Waals surface area contributed by atoms with E-state index in [0.29, 0.717) is 5.75 Å². The molecule has 100 valence electrons. The van der Waals surface area contributed by atoms with E-state index in [0.717, 1.165) is 22.9 Å². The maximum absolute atomic E-state index is 11.4. The number of carbonyl (C=O) groups excluding carboxylic acids is 1. The second-order valence-corrected chi connectivity index (χ2v) is 4.75. The van der Waals surface area contributed by atoms with Gasteiger partial charge in [0.25, 0.3) is 0 Å². The van der Waals surface area contributed by atoms with Crippen LogP contribution in [0.3, 0.4) is 0 Å². The molecule has 0 spiro atoms. The van der Waals surface area contributed by atoms with Gasteiger partial charge in [-0.15, -0.1) is 0 Å². The predicted molar refractivity (Wildman–Crippen MR) is 78.9 cm³/mol. The molecule has 0 unspecified atom stereocenters. The van der Waals surface area contributed by atoms with E-state index in [4.69, 9.17) is 4.74 Å². The molecule has 3 aromatic rings. The number of nitrogens with one attached hydrogen (secondary N) is 1. The number of benzene rings is 2. The molecule has 0 saturated heterocycles. The molecule has 0 radical (unpaired) electrons. The van der Waals surface area contributed by atoms with Crippen LogP contribution in [0.25, 0.3) is 10.9 Å². The zero-order valence-electron chi connectivity index (χ0n) is 11.2. The average molecular weight is 265 g/mol. The summed E-state index contributed by atoms with van der Waals surface area (Å²) in [7, 11) is 0. The van der Waals surface area contributed by atoms with Crippen LogP contribution in [0.5, 0.6) is 5.75 Å². The van der Waals surface area contributed by atoms with Crippen LogP contribution in [-0.4, -0.2) is 11.0 Å². The molecule has 0 bridgehead atoms. The van der Waals surface area contributed by atoms with E-state index in [1.165, 1.54) is 12.5 Å². The lowest BCUT2D eigenvalue weighted by Gasteiger charge is -2.10. The van der Waals surface area contributed by atoms with Gasteiger partial charge in [0.15, 0.2) is 0 Å². The fraction of sp³-hybridized carbons (Fsp3) is 0.118. The van der Waals surface area contributed by atoms with E-state index < -0.39 is 0 Å². The molecular weight excluding hydrogens is 250 g/mol. The minimum atomic E-state index is -0.298. The monoisotopic (exact) mass is 265 g/mol. The molecular formula is C17H15NO2. The molecule has 3 rings (SSSR count). The highest BCUT2D eigenvalue weighted by atomic mass is 16.5. The highest BCUT2D eigenvalue weighted by molar-refractivity contribution is 5.89. The molecule has 0 aliphatic rings. The van der Waals surface area contributed by atoms with Gasteiger partial charge in [-0.3, -0.25) is 4.79 Å². The van der Waals surface area contributed by atoms with Crippen molar-refractivity contribution in [3.63, 3.8) is 0 Å². The maximum atomic E-state index is 11.4. The Morgan fingerprint density at radius 2 is 1.90 bits per heavy atom. The Labute approximate surface area is 117 Å². The van der Waals surface area contributed by atoms with Crippen molar-refractivity contribution >= 4 is 16.9 Å². The molecule has 0 saturated carbocycles. The molecule has 0 aliphatic carbocycles. The second kappa shape index (κ2) is 5.21. The summed E-state index contributed by atoms with van der Waals surface area (Å²) in [6.45, 7) is 1.43. The summed E-state index contributed by atoms with van der Waals surface area (Å²) in [5, 5.41) is 0.939. The summed E-state index contributed by atoms with van der Waals surface area (Å²) in [6, 6.07) is 16.1. The molecule has 1 aromatic heterocycles. The van der Waals surface area contributed by atoms with Gasteiger partial charge in [0.2, 0.25) is 0 Å². The topological polar surface area (TPSA) is 42.1 Å². The number of hydrogen-bond acceptors (Lipinski definition) is 2. The summed E-state index contributed by atoms with van der Waals surface area (Å²) in [4.78, 5) is 14.5. The Kier molecular flexibility index (Phi) is 3.25. The number of esters is 1. The lowest BCUT2D eigenvalue weighted by Crippen LogP contribution is -2.04.